The summed E-state index contributed by atoms with van der Waals surface area (Å²) in [5.74, 6) is 0.778. The molecule has 18 heavy (non-hydrogen) atoms. The number of nitrogens with zero attached hydrogens (tertiary/aromatic N) is 1. The molecule has 1 aromatic heterocycles. The van der Waals surface area contributed by atoms with E-state index in [1.807, 2.05) is 6.07 Å². The second-order valence-electron chi connectivity index (χ2n) is 3.61. The third-order valence-corrected chi connectivity index (χ3v) is 3.37. The predicted octanol–water partition coefficient (Wildman–Crippen LogP) is 1.88. The van der Waals surface area contributed by atoms with E-state index in [0.29, 0.717) is 21.6 Å². The maximum absolute atomic E-state index is 11.2. The van der Waals surface area contributed by atoms with Crippen LogP contribution >= 0.6 is 23.4 Å². The number of aromatic amines is 1. The highest BCUT2D eigenvalue weighted by Gasteiger charge is 2.04. The molecule has 0 aliphatic carbocycles. The Morgan fingerprint density at radius 1 is 1.33 bits per heavy atom. The van der Waals surface area contributed by atoms with Gasteiger partial charge in [-0.25, -0.2) is 4.98 Å². The van der Waals surface area contributed by atoms with Gasteiger partial charge in [0.15, 0.2) is 5.16 Å². The first kappa shape index (κ1) is 12.8. The first-order valence-electron chi connectivity index (χ1n) is 5.08. The Labute approximate surface area is 113 Å². The molecule has 0 amide bonds. The molecule has 5 nitrogen and oxygen atoms in total. The SMILES string of the molecule is Nc1cc(=O)[nH]c(SCc2ccc(Cl)cc2N)n1. The van der Waals surface area contributed by atoms with Gasteiger partial charge in [0.05, 0.1) is 0 Å². The van der Waals surface area contributed by atoms with Crippen molar-refractivity contribution in [3.63, 3.8) is 0 Å². The Morgan fingerprint density at radius 3 is 2.78 bits per heavy atom. The molecule has 0 atom stereocenters. The summed E-state index contributed by atoms with van der Waals surface area (Å²) < 4.78 is 0. The lowest BCUT2D eigenvalue weighted by atomic mass is 10.2. The second-order valence-corrected chi connectivity index (χ2v) is 5.01. The molecule has 0 aliphatic heterocycles. The van der Waals surface area contributed by atoms with E-state index in [1.165, 1.54) is 17.8 Å². The number of nitrogen functional groups attached to an aromatic ring is 2. The molecule has 0 aliphatic rings. The lowest BCUT2D eigenvalue weighted by Crippen LogP contribution is -2.09. The lowest BCUT2D eigenvalue weighted by molar-refractivity contribution is 0.945. The standard InChI is InChI=1S/C11H11ClN4OS/c12-7-2-1-6(8(13)3-7)5-18-11-15-9(14)4-10(17)16-11/h1-4H,5,13H2,(H3,14,15,16,17). The van der Waals surface area contributed by atoms with Crippen LogP contribution in [0.1, 0.15) is 5.56 Å². The number of benzene rings is 1. The zero-order chi connectivity index (χ0) is 13.1. The topological polar surface area (TPSA) is 97.8 Å². The van der Waals surface area contributed by atoms with Gasteiger partial charge in [0.1, 0.15) is 5.82 Å². The summed E-state index contributed by atoms with van der Waals surface area (Å²) in [5.41, 5.74) is 12.6. The van der Waals surface area contributed by atoms with E-state index in [9.17, 15) is 4.79 Å². The highest BCUT2D eigenvalue weighted by atomic mass is 35.5. The summed E-state index contributed by atoms with van der Waals surface area (Å²) >= 11 is 7.16. The zero-order valence-corrected chi connectivity index (χ0v) is 10.9. The van der Waals surface area contributed by atoms with E-state index in [-0.39, 0.29) is 11.4 Å². The molecule has 0 saturated heterocycles. The Kier molecular flexibility index (Phi) is 3.78. The number of H-pyrrole nitrogens is 1. The summed E-state index contributed by atoms with van der Waals surface area (Å²) in [4.78, 5) is 17.8. The number of nitrogens with two attached hydrogens (primary N) is 2. The molecule has 0 unspecified atom stereocenters. The maximum Gasteiger partial charge on any atom is 0.253 e. The molecule has 2 rings (SSSR count). The molecule has 7 heteroatoms. The minimum atomic E-state index is -0.269. The van der Waals surface area contributed by atoms with Gasteiger partial charge in [-0.15, -0.1) is 0 Å². The van der Waals surface area contributed by atoms with Gasteiger partial charge in [-0.05, 0) is 17.7 Å². The van der Waals surface area contributed by atoms with E-state index in [0.717, 1.165) is 5.56 Å². The summed E-state index contributed by atoms with van der Waals surface area (Å²) in [6.07, 6.45) is 0. The van der Waals surface area contributed by atoms with Crippen LogP contribution in [0.5, 0.6) is 0 Å². The van der Waals surface area contributed by atoms with Crippen molar-refractivity contribution in [2.24, 2.45) is 0 Å². The molecule has 5 N–H and O–H groups in total. The quantitative estimate of drug-likeness (QED) is 0.454. The minimum Gasteiger partial charge on any atom is -0.398 e. The lowest BCUT2D eigenvalue weighted by Gasteiger charge is -2.05. The monoisotopic (exact) mass is 282 g/mol. The zero-order valence-electron chi connectivity index (χ0n) is 9.31. The van der Waals surface area contributed by atoms with E-state index < -0.39 is 0 Å². The van der Waals surface area contributed by atoms with Gasteiger partial charge in [0.2, 0.25) is 0 Å². The number of nitrogens with one attached hydrogen (secondary N) is 1. The van der Waals surface area contributed by atoms with Gasteiger partial charge in [0.25, 0.3) is 5.56 Å². The minimum absolute atomic E-state index is 0.199. The van der Waals surface area contributed by atoms with Crippen molar-refractivity contribution in [3.8, 4) is 0 Å². The molecule has 0 radical (unpaired) electrons. The largest absolute Gasteiger partial charge is 0.398 e. The van der Waals surface area contributed by atoms with Crippen molar-refractivity contribution < 1.29 is 0 Å². The van der Waals surface area contributed by atoms with Crippen molar-refractivity contribution in [2.75, 3.05) is 11.5 Å². The summed E-state index contributed by atoms with van der Waals surface area (Å²) in [6, 6.07) is 6.53. The van der Waals surface area contributed by atoms with E-state index in [4.69, 9.17) is 23.1 Å². The number of hydrogen-bond acceptors (Lipinski definition) is 5. The Bertz CT molecular complexity index is 629. The van der Waals surface area contributed by atoms with E-state index >= 15 is 0 Å². The van der Waals surface area contributed by atoms with E-state index in [1.54, 1.807) is 12.1 Å². The molecular weight excluding hydrogens is 272 g/mol. The van der Waals surface area contributed by atoms with Gasteiger partial charge in [0, 0.05) is 22.5 Å². The van der Waals surface area contributed by atoms with Gasteiger partial charge >= 0.3 is 0 Å². The first-order chi connectivity index (χ1) is 8.54. The average Bonchev–Trinajstić information content (AvgIpc) is 2.26. The smallest absolute Gasteiger partial charge is 0.253 e. The molecular formula is C11H11ClN4OS. The molecule has 2 aromatic rings. The normalized spacial score (nSPS) is 10.5. The molecule has 0 bridgehead atoms. The second kappa shape index (κ2) is 5.32. The fourth-order valence-electron chi connectivity index (χ4n) is 1.36. The summed E-state index contributed by atoms with van der Waals surface area (Å²) in [6.45, 7) is 0. The number of rotatable bonds is 3. The Hall–Kier alpha value is -1.66. The van der Waals surface area contributed by atoms with Crippen LogP contribution in [-0.2, 0) is 5.75 Å². The van der Waals surface area contributed by atoms with Crippen LogP contribution in [0.15, 0.2) is 34.2 Å². The highest BCUT2D eigenvalue weighted by Crippen LogP contribution is 2.25. The van der Waals surface area contributed by atoms with Crippen LogP contribution < -0.4 is 17.0 Å². The molecule has 0 fully saturated rings. The molecule has 94 valence electrons. The van der Waals surface area contributed by atoms with Crippen molar-refractivity contribution >= 4 is 34.9 Å². The highest BCUT2D eigenvalue weighted by molar-refractivity contribution is 7.98. The van der Waals surface area contributed by atoms with E-state index in [2.05, 4.69) is 9.97 Å². The third-order valence-electron chi connectivity index (χ3n) is 2.21. The van der Waals surface area contributed by atoms with Crippen LogP contribution in [0.2, 0.25) is 5.02 Å². The van der Waals surface area contributed by atoms with Gasteiger partial charge in [-0.3, -0.25) is 4.79 Å². The number of thioether (sulfide) groups is 1. The number of anilines is 2. The van der Waals surface area contributed by atoms with Crippen LogP contribution in [0.4, 0.5) is 11.5 Å². The Morgan fingerprint density at radius 2 is 2.11 bits per heavy atom. The number of aromatic nitrogens is 2. The third kappa shape index (κ3) is 3.18. The fourth-order valence-corrected chi connectivity index (χ4v) is 2.44. The predicted molar refractivity (Wildman–Crippen MR) is 74.7 cm³/mol. The molecule has 1 aromatic carbocycles. The van der Waals surface area contributed by atoms with Crippen LogP contribution in [0.25, 0.3) is 0 Å². The number of hydrogen-bond donors (Lipinski definition) is 3. The first-order valence-corrected chi connectivity index (χ1v) is 6.44. The molecule has 0 saturated carbocycles. The maximum atomic E-state index is 11.2. The number of halogens is 1. The summed E-state index contributed by atoms with van der Waals surface area (Å²) in [7, 11) is 0. The van der Waals surface area contributed by atoms with Gasteiger partial charge in [-0.1, -0.05) is 29.4 Å². The van der Waals surface area contributed by atoms with Crippen molar-refractivity contribution in [1.82, 2.24) is 9.97 Å². The fraction of sp³-hybridized carbons (Fsp3) is 0.0909. The van der Waals surface area contributed by atoms with Crippen molar-refractivity contribution in [1.29, 1.82) is 0 Å². The average molecular weight is 283 g/mol. The van der Waals surface area contributed by atoms with Crippen LogP contribution in [-0.4, -0.2) is 9.97 Å². The van der Waals surface area contributed by atoms with Gasteiger partial charge in [-0.2, -0.15) is 0 Å². The van der Waals surface area contributed by atoms with Crippen molar-refractivity contribution in [2.45, 2.75) is 10.9 Å². The van der Waals surface area contributed by atoms with Crippen LogP contribution in [0, 0.1) is 0 Å². The molecule has 1 heterocycles. The molecule has 0 spiro atoms. The van der Waals surface area contributed by atoms with Crippen molar-refractivity contribution in [3.05, 3.63) is 45.2 Å². The van der Waals surface area contributed by atoms with Gasteiger partial charge < -0.3 is 16.5 Å². The Balaban J connectivity index is 2.13. The van der Waals surface area contributed by atoms with Crippen LogP contribution in [0.3, 0.4) is 0 Å². The summed E-state index contributed by atoms with van der Waals surface area (Å²) in [5, 5.41) is 1.06.